The van der Waals surface area contributed by atoms with Gasteiger partial charge in [-0.05, 0) is 78.3 Å². The molecule has 3 amide bonds. The van der Waals surface area contributed by atoms with Gasteiger partial charge in [-0.3, -0.25) is 0 Å². The number of hydrogen-bond acceptors (Lipinski definition) is 20. The van der Waals surface area contributed by atoms with Crippen molar-refractivity contribution >= 4 is 36.2 Å². The molecule has 5 fully saturated rings. The molecule has 0 bridgehead atoms. The van der Waals surface area contributed by atoms with Crippen LogP contribution in [-0.4, -0.2) is 141 Å². The van der Waals surface area contributed by atoms with Crippen LogP contribution in [0.25, 0.3) is 0 Å². The van der Waals surface area contributed by atoms with Gasteiger partial charge in [0.2, 0.25) is 0 Å². The van der Waals surface area contributed by atoms with E-state index in [0.717, 1.165) is 5.56 Å². The summed E-state index contributed by atoms with van der Waals surface area (Å²) in [6.45, 7) is 9.21. The summed E-state index contributed by atoms with van der Waals surface area (Å²) in [6, 6.07) is 57.7. The lowest BCUT2D eigenvalue weighted by molar-refractivity contribution is -0.358. The number of carbonyl (C=O) groups excluding carboxylic acids is 6. The first-order valence-electron chi connectivity index (χ1n) is 35.1. The lowest BCUT2D eigenvalue weighted by atomic mass is 9.81. The molecule has 0 aromatic heterocycles. The summed E-state index contributed by atoms with van der Waals surface area (Å²) in [5.41, 5.74) is 3.40. The van der Waals surface area contributed by atoms with Gasteiger partial charge >= 0.3 is 36.2 Å². The quantitative estimate of drug-likeness (QED) is 0.0375. The zero-order valence-corrected chi connectivity index (χ0v) is 57.9. The van der Waals surface area contributed by atoms with E-state index in [9.17, 15) is 28.8 Å². The van der Waals surface area contributed by atoms with E-state index < -0.39 is 152 Å². The molecular formula is C80H87N3O20. The molecule has 4 aliphatic heterocycles. The molecule has 0 spiro atoms. The summed E-state index contributed by atoms with van der Waals surface area (Å²) < 4.78 is 93.2. The molecule has 12 rings (SSSR count). The Bertz CT molecular complexity index is 3870. The zero-order chi connectivity index (χ0) is 71.8. The Morgan fingerprint density at radius 3 is 1.28 bits per heavy atom. The summed E-state index contributed by atoms with van der Waals surface area (Å²) in [5.74, 6) is -3.67. The molecule has 23 nitrogen and oxygen atoms in total. The van der Waals surface area contributed by atoms with Gasteiger partial charge in [-0.15, -0.1) is 0 Å². The second kappa shape index (κ2) is 35.1. The van der Waals surface area contributed by atoms with Gasteiger partial charge in [-0.1, -0.05) is 211 Å². The van der Waals surface area contributed by atoms with Crippen LogP contribution in [0.1, 0.15) is 113 Å². The minimum Gasteiger partial charge on any atom is -0.456 e. The van der Waals surface area contributed by atoms with Crippen molar-refractivity contribution in [2.45, 2.75) is 178 Å². The highest BCUT2D eigenvalue weighted by atomic mass is 16.8. The molecule has 20 unspecified atom stereocenters. The molecule has 3 N–H and O–H groups in total. The normalized spacial score (nSPS) is 29.5. The Morgan fingerprint density at radius 2 is 0.796 bits per heavy atom. The van der Waals surface area contributed by atoms with Crippen molar-refractivity contribution in [1.29, 1.82) is 0 Å². The second-order valence-electron chi connectivity index (χ2n) is 26.3. The largest absolute Gasteiger partial charge is 0.456 e. The standard InChI is InChI=1S/C80H87N3O20/c1-6-60-50(5)65(97-71(84)54-35-21-11-22-36-54)63(83-80(89)93-46-53-33-19-10-20-34-53)76(94-60)102-68-61(7-2)95-77(70(68)99-73(86)56-39-25-13-26-40-56)103-69-66(98-72(85)55-37-23-12-24-38-55)58(81-78(87)91-44-51-29-15-8-16-30-51)43-59(82-79(88)92-45-52-31-17-9-18-32-52)67(69)101-74-49(4)48(3)64-62(96-74)47-90-75(100-64)57-41-27-14-28-42-57/h8-42,48-50,58-70,74-77H,6-7,43-47H2,1-5H3,(H,81,87)(H,82,88)(H,83,89). The SMILES string of the molecule is CCC1OC(OC2C(CC)OC(OC3C(OC(=O)c4ccccc4)C(NC(=O)OCc4ccccc4)CC(NC(=O)OCc4ccccc4)C3OC3OC4COC(c5ccccc5)OC4C(C)C3C)C2OC(=O)c2ccccc2)C(NC(=O)OCc2ccccc2)C(OC(=O)c2ccccc2)C1C. The number of ether oxygens (including phenoxy) is 14. The Kier molecular flexibility index (Phi) is 24.9. The Morgan fingerprint density at radius 1 is 0.388 bits per heavy atom. The van der Waals surface area contributed by atoms with Crippen LogP contribution in [0, 0.1) is 17.8 Å². The van der Waals surface area contributed by atoms with Crippen LogP contribution < -0.4 is 16.0 Å². The van der Waals surface area contributed by atoms with E-state index in [0.29, 0.717) is 23.1 Å². The average molecular weight is 1410 g/mol. The van der Waals surface area contributed by atoms with Crippen molar-refractivity contribution in [1.82, 2.24) is 16.0 Å². The Hall–Kier alpha value is -9.56. The van der Waals surface area contributed by atoms with Crippen molar-refractivity contribution in [2.24, 2.45) is 17.8 Å². The van der Waals surface area contributed by atoms with Gasteiger partial charge in [0.15, 0.2) is 37.4 Å². The van der Waals surface area contributed by atoms with Gasteiger partial charge in [0, 0.05) is 17.4 Å². The molecule has 5 aliphatic rings. The number of fused-ring (bicyclic) bond motifs is 1. The Labute approximate surface area is 598 Å². The van der Waals surface area contributed by atoms with E-state index in [1.165, 1.54) is 0 Å². The summed E-state index contributed by atoms with van der Waals surface area (Å²) in [6.07, 6.45) is -19.1. The molecule has 103 heavy (non-hydrogen) atoms. The molecular weight excluding hydrogens is 1320 g/mol. The Balaban J connectivity index is 0.950. The van der Waals surface area contributed by atoms with Crippen LogP contribution in [0.5, 0.6) is 0 Å². The molecule has 7 aromatic carbocycles. The third-order valence-corrected chi connectivity index (χ3v) is 19.5. The fraction of sp³-hybridized carbons (Fsp3) is 0.400. The highest BCUT2D eigenvalue weighted by Crippen LogP contribution is 2.44. The van der Waals surface area contributed by atoms with Crippen LogP contribution in [0.2, 0.25) is 0 Å². The predicted molar refractivity (Wildman–Crippen MR) is 371 cm³/mol. The predicted octanol–water partition coefficient (Wildman–Crippen LogP) is 12.1. The first-order valence-corrected chi connectivity index (χ1v) is 35.1. The molecule has 7 aromatic rings. The highest BCUT2D eigenvalue weighted by molar-refractivity contribution is 5.90. The zero-order valence-electron chi connectivity index (χ0n) is 57.9. The molecule has 23 heteroatoms. The van der Waals surface area contributed by atoms with E-state index in [1.807, 2.05) is 107 Å². The molecule has 1 aliphatic carbocycles. The number of rotatable bonds is 24. The van der Waals surface area contributed by atoms with Crippen LogP contribution in [0.15, 0.2) is 212 Å². The molecule has 4 heterocycles. The number of esters is 3. The summed E-state index contributed by atoms with van der Waals surface area (Å²) >= 11 is 0. The molecule has 1 saturated carbocycles. The maximum atomic E-state index is 15.0. The minimum atomic E-state index is -1.72. The number of amides is 3. The number of carbonyl (C=O) groups is 6. The lowest BCUT2D eigenvalue weighted by Crippen LogP contribution is -2.68. The monoisotopic (exact) mass is 1410 g/mol. The maximum Gasteiger partial charge on any atom is 0.407 e. The van der Waals surface area contributed by atoms with Gasteiger partial charge in [0.05, 0.1) is 53.7 Å². The molecule has 542 valence electrons. The van der Waals surface area contributed by atoms with Gasteiger partial charge in [-0.25, -0.2) is 28.8 Å². The average Bonchev–Trinajstić information content (AvgIpc) is 1.70. The van der Waals surface area contributed by atoms with Gasteiger partial charge < -0.3 is 82.3 Å². The highest BCUT2D eigenvalue weighted by Gasteiger charge is 2.59. The fourth-order valence-electron chi connectivity index (χ4n) is 13.8. The number of benzene rings is 7. The number of hydrogen-bond donors (Lipinski definition) is 3. The van der Waals surface area contributed by atoms with Crippen molar-refractivity contribution in [3.63, 3.8) is 0 Å². The van der Waals surface area contributed by atoms with Crippen LogP contribution in [0.4, 0.5) is 14.4 Å². The smallest absolute Gasteiger partial charge is 0.407 e. The minimum absolute atomic E-state index is 0.0991. The van der Waals surface area contributed by atoms with Crippen molar-refractivity contribution in [2.75, 3.05) is 6.61 Å². The molecule has 0 radical (unpaired) electrons. The van der Waals surface area contributed by atoms with Gasteiger partial charge in [-0.2, -0.15) is 0 Å². The summed E-state index contributed by atoms with van der Waals surface area (Å²) in [7, 11) is 0. The van der Waals surface area contributed by atoms with Crippen molar-refractivity contribution in [3.05, 3.63) is 251 Å². The number of nitrogens with one attached hydrogen (secondary N) is 3. The summed E-state index contributed by atoms with van der Waals surface area (Å²) in [5, 5.41) is 8.92. The second-order valence-corrected chi connectivity index (χ2v) is 26.3. The third kappa shape index (κ3) is 18.4. The van der Waals surface area contributed by atoms with Crippen molar-refractivity contribution < 1.29 is 95.1 Å². The van der Waals surface area contributed by atoms with Gasteiger partial charge in [0.25, 0.3) is 0 Å². The van der Waals surface area contributed by atoms with Crippen LogP contribution in [0.3, 0.4) is 0 Å². The van der Waals surface area contributed by atoms with E-state index in [4.69, 9.17) is 66.3 Å². The van der Waals surface area contributed by atoms with Crippen molar-refractivity contribution in [3.8, 4) is 0 Å². The van der Waals surface area contributed by atoms with Gasteiger partial charge in [0.1, 0.15) is 56.4 Å². The maximum absolute atomic E-state index is 15.0. The molecule has 4 saturated heterocycles. The fourth-order valence-corrected chi connectivity index (χ4v) is 13.8. The van der Waals surface area contributed by atoms with E-state index in [-0.39, 0.29) is 61.9 Å². The van der Waals surface area contributed by atoms with Crippen LogP contribution in [-0.2, 0) is 86.1 Å². The lowest BCUT2D eigenvalue weighted by Gasteiger charge is -2.51. The first kappa shape index (κ1) is 73.2. The van der Waals surface area contributed by atoms with Crippen LogP contribution >= 0.6 is 0 Å². The molecule has 20 atom stereocenters. The van der Waals surface area contributed by atoms with E-state index >= 15 is 0 Å². The number of alkyl carbamates (subject to hydrolysis) is 3. The first-order chi connectivity index (χ1) is 50.2. The van der Waals surface area contributed by atoms with E-state index in [1.54, 1.807) is 140 Å². The third-order valence-electron chi connectivity index (χ3n) is 19.5. The summed E-state index contributed by atoms with van der Waals surface area (Å²) in [4.78, 5) is 87.6. The topological polar surface area (TPSA) is 268 Å². The van der Waals surface area contributed by atoms with E-state index in [2.05, 4.69) is 16.0 Å².